The molecule has 2 N–H and O–H groups in total. The number of ether oxygens (including phenoxy) is 2. The molecule has 4 aromatic rings. The molecule has 2 aliphatic heterocycles. The number of amides is 2. The largest absolute Gasteiger partial charge is 0.486 e. The molecule has 3 aromatic carbocycles. The van der Waals surface area contributed by atoms with E-state index < -0.39 is 17.6 Å². The Hall–Kier alpha value is -4.54. The highest BCUT2D eigenvalue weighted by Gasteiger charge is 2.23. The number of pyridine rings is 1. The summed E-state index contributed by atoms with van der Waals surface area (Å²) in [6, 6.07) is 18.6. The highest BCUT2D eigenvalue weighted by atomic mass is 19.1. The quantitative estimate of drug-likeness (QED) is 0.310. The number of piperazine rings is 1. The molecule has 3 heterocycles. The Morgan fingerprint density at radius 1 is 0.907 bits per heavy atom. The maximum Gasteiger partial charge on any atom is 0.255 e. The molecule has 222 valence electrons. The van der Waals surface area contributed by atoms with E-state index in [4.69, 9.17) is 14.5 Å². The lowest BCUT2D eigenvalue weighted by molar-refractivity contribution is 0.0803. The number of nitrogens with one attached hydrogen (secondary N) is 2. The van der Waals surface area contributed by atoms with Crippen molar-refractivity contribution in [3.05, 3.63) is 89.4 Å². The Kier molecular flexibility index (Phi) is 8.22. The molecule has 0 bridgehead atoms. The van der Waals surface area contributed by atoms with Crippen molar-refractivity contribution in [3.63, 3.8) is 0 Å². The van der Waals surface area contributed by atoms with E-state index in [9.17, 15) is 14.0 Å². The zero-order valence-corrected chi connectivity index (χ0v) is 24.2. The zero-order chi connectivity index (χ0) is 29.9. The van der Waals surface area contributed by atoms with Crippen molar-refractivity contribution < 1.29 is 23.5 Å². The molecule has 0 radical (unpaired) electrons. The highest BCUT2D eigenvalue weighted by molar-refractivity contribution is 6.07. The van der Waals surface area contributed by atoms with Crippen LogP contribution in [-0.4, -0.2) is 72.0 Å². The van der Waals surface area contributed by atoms with Crippen LogP contribution in [-0.2, 0) is 6.54 Å². The summed E-state index contributed by atoms with van der Waals surface area (Å²) in [4.78, 5) is 35.7. The minimum absolute atomic E-state index is 0.0455. The zero-order valence-electron chi connectivity index (χ0n) is 24.2. The number of benzene rings is 3. The number of anilines is 2. The monoisotopic (exact) mass is 583 g/mol. The van der Waals surface area contributed by atoms with Crippen molar-refractivity contribution in [2.75, 3.05) is 50.0 Å². The number of carbonyl (C=O) groups is 2. The smallest absolute Gasteiger partial charge is 0.255 e. The topological polar surface area (TPSA) is 96.0 Å². The minimum atomic E-state index is -0.619. The molecular weight excluding hydrogens is 549 g/mol. The number of nitrogens with zero attached hydrogens (tertiary/aromatic N) is 3. The summed E-state index contributed by atoms with van der Waals surface area (Å²) < 4.78 is 25.7. The van der Waals surface area contributed by atoms with Gasteiger partial charge in [-0.05, 0) is 74.1 Å². The third-order valence-electron chi connectivity index (χ3n) is 7.95. The van der Waals surface area contributed by atoms with Gasteiger partial charge < -0.3 is 25.0 Å². The first-order valence-electron chi connectivity index (χ1n) is 14.5. The first-order chi connectivity index (χ1) is 20.9. The second kappa shape index (κ2) is 12.4. The van der Waals surface area contributed by atoms with Gasteiger partial charge in [0.25, 0.3) is 11.8 Å². The molecule has 0 spiro atoms. The number of halogens is 1. The average Bonchev–Trinajstić information content (AvgIpc) is 3.03. The molecule has 0 unspecified atom stereocenters. The van der Waals surface area contributed by atoms with Gasteiger partial charge in [0.15, 0.2) is 11.5 Å². The summed E-state index contributed by atoms with van der Waals surface area (Å²) in [5, 5.41) is 6.20. The van der Waals surface area contributed by atoms with Gasteiger partial charge in [0.1, 0.15) is 19.0 Å². The lowest BCUT2D eigenvalue weighted by atomic mass is 10.1. The van der Waals surface area contributed by atoms with E-state index in [2.05, 4.69) is 34.3 Å². The Morgan fingerprint density at radius 2 is 1.67 bits per heavy atom. The summed E-state index contributed by atoms with van der Waals surface area (Å²) in [6.07, 6.45) is 0. The molecule has 1 saturated heterocycles. The van der Waals surface area contributed by atoms with Gasteiger partial charge in [-0.1, -0.05) is 13.0 Å². The van der Waals surface area contributed by atoms with Crippen LogP contribution >= 0.6 is 0 Å². The Balaban J connectivity index is 1.12. The standard InChI is InChI=1S/C33H34FN5O4/c1-3-38-12-13-39(21(2)19-38)20-26-7-4-22-16-23(5-10-28(22)35-26)33(41)37-29-18-25(8-9-27(29)34)36-32(40)24-6-11-30-31(17-24)43-15-14-42-30/h4-11,16-18,21H,3,12-15,19-20H2,1-2H3,(H,36,40)(H,37,41)/t21-/m0/s1. The lowest BCUT2D eigenvalue weighted by Crippen LogP contribution is -2.51. The van der Waals surface area contributed by atoms with Crippen molar-refractivity contribution in [2.45, 2.75) is 26.4 Å². The number of aromatic nitrogens is 1. The van der Waals surface area contributed by atoms with Crippen molar-refractivity contribution in [1.29, 1.82) is 0 Å². The van der Waals surface area contributed by atoms with Crippen LogP contribution in [0.1, 0.15) is 40.3 Å². The molecule has 1 atom stereocenters. The number of hydrogen-bond donors (Lipinski definition) is 2. The Morgan fingerprint density at radius 3 is 2.49 bits per heavy atom. The summed E-state index contributed by atoms with van der Waals surface area (Å²) in [7, 11) is 0. The van der Waals surface area contributed by atoms with E-state index in [0.717, 1.165) is 49.3 Å². The van der Waals surface area contributed by atoms with Gasteiger partial charge in [0, 0.05) is 54.4 Å². The Bertz CT molecular complexity index is 1680. The van der Waals surface area contributed by atoms with Crippen molar-refractivity contribution in [3.8, 4) is 11.5 Å². The van der Waals surface area contributed by atoms with E-state index in [-0.39, 0.29) is 5.69 Å². The van der Waals surface area contributed by atoms with Gasteiger partial charge in [0.05, 0.1) is 16.9 Å². The predicted molar refractivity (Wildman–Crippen MR) is 163 cm³/mol. The van der Waals surface area contributed by atoms with Gasteiger partial charge in [-0.25, -0.2) is 4.39 Å². The fourth-order valence-electron chi connectivity index (χ4n) is 5.48. The SMILES string of the molecule is CCN1CCN(Cc2ccc3cc(C(=O)Nc4cc(NC(=O)c5ccc6c(c5)OCCO6)ccc4F)ccc3n2)[C@@H](C)C1. The maximum atomic E-state index is 14.7. The lowest BCUT2D eigenvalue weighted by Gasteiger charge is -2.39. The summed E-state index contributed by atoms with van der Waals surface area (Å²) in [5.74, 6) is -0.419. The molecule has 10 heteroatoms. The normalized spacial score (nSPS) is 17.0. The van der Waals surface area contributed by atoms with E-state index in [0.29, 0.717) is 47.6 Å². The average molecular weight is 584 g/mol. The molecule has 2 amide bonds. The third kappa shape index (κ3) is 6.45. The van der Waals surface area contributed by atoms with E-state index in [1.807, 2.05) is 18.2 Å². The second-order valence-corrected chi connectivity index (χ2v) is 10.9. The van der Waals surface area contributed by atoms with Crippen LogP contribution in [0.15, 0.2) is 66.7 Å². The van der Waals surface area contributed by atoms with E-state index in [1.54, 1.807) is 30.3 Å². The Labute approximate surface area is 249 Å². The fraction of sp³-hybridized carbons (Fsp3) is 0.303. The molecule has 0 aliphatic carbocycles. The summed E-state index contributed by atoms with van der Waals surface area (Å²) >= 11 is 0. The van der Waals surface area contributed by atoms with Crippen LogP contribution in [0.4, 0.5) is 15.8 Å². The van der Waals surface area contributed by atoms with Crippen molar-refractivity contribution in [2.24, 2.45) is 0 Å². The molecule has 9 nitrogen and oxygen atoms in total. The third-order valence-corrected chi connectivity index (χ3v) is 7.95. The van der Waals surface area contributed by atoms with Crippen LogP contribution in [0.3, 0.4) is 0 Å². The number of carbonyl (C=O) groups excluding carboxylic acids is 2. The van der Waals surface area contributed by atoms with Crippen LogP contribution in [0, 0.1) is 5.82 Å². The molecule has 1 fully saturated rings. The summed E-state index contributed by atoms with van der Waals surface area (Å²) in [6.45, 7) is 10.3. The van der Waals surface area contributed by atoms with Crippen LogP contribution in [0.5, 0.6) is 11.5 Å². The van der Waals surface area contributed by atoms with Crippen LogP contribution < -0.4 is 20.1 Å². The molecule has 2 aliphatic rings. The molecular formula is C33H34FN5O4. The molecule has 0 saturated carbocycles. The van der Waals surface area contributed by atoms with Gasteiger partial charge in [0.2, 0.25) is 0 Å². The van der Waals surface area contributed by atoms with E-state index >= 15 is 0 Å². The van der Waals surface area contributed by atoms with Gasteiger partial charge in [-0.3, -0.25) is 19.5 Å². The predicted octanol–water partition coefficient (Wildman–Crippen LogP) is 5.18. The summed E-state index contributed by atoms with van der Waals surface area (Å²) in [5.41, 5.74) is 2.80. The first-order valence-corrected chi connectivity index (χ1v) is 14.5. The minimum Gasteiger partial charge on any atom is -0.486 e. The van der Waals surface area contributed by atoms with Crippen LogP contribution in [0.2, 0.25) is 0 Å². The van der Waals surface area contributed by atoms with Gasteiger partial charge in [-0.2, -0.15) is 0 Å². The van der Waals surface area contributed by atoms with Crippen molar-refractivity contribution >= 4 is 34.1 Å². The van der Waals surface area contributed by atoms with Gasteiger partial charge >= 0.3 is 0 Å². The van der Waals surface area contributed by atoms with E-state index in [1.165, 1.54) is 18.2 Å². The number of fused-ring (bicyclic) bond motifs is 2. The number of hydrogen-bond acceptors (Lipinski definition) is 7. The van der Waals surface area contributed by atoms with Crippen molar-refractivity contribution in [1.82, 2.24) is 14.8 Å². The second-order valence-electron chi connectivity index (χ2n) is 10.9. The molecule has 43 heavy (non-hydrogen) atoms. The molecule has 1 aromatic heterocycles. The maximum absolute atomic E-state index is 14.7. The molecule has 6 rings (SSSR count). The number of rotatable bonds is 7. The van der Waals surface area contributed by atoms with Crippen LogP contribution in [0.25, 0.3) is 10.9 Å². The highest BCUT2D eigenvalue weighted by Crippen LogP contribution is 2.31. The first kappa shape index (κ1) is 28.6. The fourth-order valence-corrected chi connectivity index (χ4v) is 5.48. The number of likely N-dealkylation sites (N-methyl/N-ethyl adjacent to an activating group) is 1. The van der Waals surface area contributed by atoms with Gasteiger partial charge in [-0.15, -0.1) is 0 Å².